The zero-order chi connectivity index (χ0) is 13.5. The Morgan fingerprint density at radius 1 is 0.944 bits per heavy atom. The average molecular weight is 250 g/mol. The van der Waals surface area contributed by atoms with Crippen molar-refractivity contribution < 1.29 is 9.53 Å². The zero-order valence-electron chi connectivity index (χ0n) is 11.7. The molecule has 0 saturated heterocycles. The summed E-state index contributed by atoms with van der Waals surface area (Å²) < 4.78 is 4.83. The molecule has 0 unspecified atom stereocenters. The largest absolute Gasteiger partial charge is 0.466 e. The molecular formula is C16H26O2. The zero-order valence-corrected chi connectivity index (χ0v) is 11.7. The van der Waals surface area contributed by atoms with E-state index < -0.39 is 0 Å². The third kappa shape index (κ3) is 14.7. The van der Waals surface area contributed by atoms with Crippen LogP contribution in [0.3, 0.4) is 0 Å². The van der Waals surface area contributed by atoms with Gasteiger partial charge < -0.3 is 4.74 Å². The number of unbranched alkanes of at least 4 members (excludes halogenated alkanes) is 2. The van der Waals surface area contributed by atoms with E-state index in [1.165, 1.54) is 13.3 Å². The molecule has 0 aromatic carbocycles. The maximum atomic E-state index is 10.5. The van der Waals surface area contributed by atoms with Crippen molar-refractivity contribution in [2.45, 2.75) is 52.4 Å². The molecule has 0 atom stereocenters. The van der Waals surface area contributed by atoms with Gasteiger partial charge in [0.25, 0.3) is 0 Å². The van der Waals surface area contributed by atoms with Crippen molar-refractivity contribution >= 4 is 5.97 Å². The van der Waals surface area contributed by atoms with Crippen LogP contribution in [-0.2, 0) is 9.53 Å². The minimum atomic E-state index is -0.203. The summed E-state index contributed by atoms with van der Waals surface area (Å²) in [4.78, 5) is 10.5. The van der Waals surface area contributed by atoms with Gasteiger partial charge in [-0.25, -0.2) is 0 Å². The molecule has 2 heteroatoms. The van der Waals surface area contributed by atoms with Crippen LogP contribution in [0.5, 0.6) is 0 Å². The second kappa shape index (κ2) is 13.8. The molecule has 2 nitrogen and oxygen atoms in total. The highest BCUT2D eigenvalue weighted by Crippen LogP contribution is 2.00. The van der Waals surface area contributed by atoms with Gasteiger partial charge in [0.05, 0.1) is 6.61 Å². The fraction of sp³-hybridized carbons (Fsp3) is 0.562. The number of carbonyl (C=O) groups excluding carboxylic acids is 1. The van der Waals surface area contributed by atoms with E-state index in [4.69, 9.17) is 4.74 Å². The van der Waals surface area contributed by atoms with Crippen molar-refractivity contribution in [3.05, 3.63) is 36.5 Å². The highest BCUT2D eigenvalue weighted by molar-refractivity contribution is 5.65. The smallest absolute Gasteiger partial charge is 0.302 e. The van der Waals surface area contributed by atoms with Crippen molar-refractivity contribution in [1.29, 1.82) is 0 Å². The maximum absolute atomic E-state index is 10.5. The van der Waals surface area contributed by atoms with Gasteiger partial charge in [-0.3, -0.25) is 4.79 Å². The standard InChI is InChI=1S/C16H26O2/c1-3-4-5-6-7-8-9-10-11-12-13-14-15-18-16(2)17/h4-5,7-8,12-13H,3,6,9-11,14-15H2,1-2H3/b5-4+,8-7+,13-12-. The van der Waals surface area contributed by atoms with Crippen LogP contribution in [-0.4, -0.2) is 12.6 Å². The van der Waals surface area contributed by atoms with Crippen LogP contribution in [0.15, 0.2) is 36.5 Å². The van der Waals surface area contributed by atoms with Gasteiger partial charge in [-0.1, -0.05) is 43.4 Å². The molecule has 18 heavy (non-hydrogen) atoms. The van der Waals surface area contributed by atoms with Crippen molar-refractivity contribution in [1.82, 2.24) is 0 Å². The number of allylic oxidation sites excluding steroid dienone is 5. The predicted octanol–water partition coefficient (Wildman–Crippen LogP) is 4.58. The van der Waals surface area contributed by atoms with Gasteiger partial charge in [0.15, 0.2) is 0 Å². The molecular weight excluding hydrogens is 224 g/mol. The third-order valence-electron chi connectivity index (χ3n) is 2.34. The predicted molar refractivity (Wildman–Crippen MR) is 77.4 cm³/mol. The first kappa shape index (κ1) is 16.7. The Morgan fingerprint density at radius 2 is 1.56 bits per heavy atom. The number of hydrogen-bond acceptors (Lipinski definition) is 2. The lowest BCUT2D eigenvalue weighted by molar-refractivity contribution is -0.140. The quantitative estimate of drug-likeness (QED) is 0.322. The topological polar surface area (TPSA) is 26.3 Å². The molecule has 0 amide bonds. The van der Waals surface area contributed by atoms with Gasteiger partial charge in [0.1, 0.15) is 0 Å². The molecule has 0 saturated carbocycles. The molecule has 0 aliphatic carbocycles. The number of carbonyl (C=O) groups is 1. The highest BCUT2D eigenvalue weighted by Gasteiger charge is 1.88. The molecule has 0 rings (SSSR count). The fourth-order valence-corrected chi connectivity index (χ4v) is 1.42. The van der Waals surface area contributed by atoms with Gasteiger partial charge in [0.2, 0.25) is 0 Å². The van der Waals surface area contributed by atoms with Gasteiger partial charge >= 0.3 is 5.97 Å². The summed E-state index contributed by atoms with van der Waals surface area (Å²) in [6.45, 7) is 4.08. The van der Waals surface area contributed by atoms with Crippen LogP contribution >= 0.6 is 0 Å². The molecule has 102 valence electrons. The second-order valence-corrected chi connectivity index (χ2v) is 4.12. The lowest BCUT2D eigenvalue weighted by atomic mass is 10.2. The van der Waals surface area contributed by atoms with Crippen molar-refractivity contribution in [3.8, 4) is 0 Å². The second-order valence-electron chi connectivity index (χ2n) is 4.12. The minimum Gasteiger partial charge on any atom is -0.466 e. The monoisotopic (exact) mass is 250 g/mol. The number of rotatable bonds is 10. The van der Waals surface area contributed by atoms with E-state index in [0.717, 1.165) is 32.1 Å². The Bertz CT molecular complexity index is 275. The van der Waals surface area contributed by atoms with Crippen molar-refractivity contribution in [2.75, 3.05) is 6.61 Å². The summed E-state index contributed by atoms with van der Waals surface area (Å²) in [6.07, 6.45) is 19.5. The Kier molecular flexibility index (Phi) is 12.8. The molecule has 0 N–H and O–H groups in total. The summed E-state index contributed by atoms with van der Waals surface area (Å²) in [6, 6.07) is 0. The molecule has 0 fully saturated rings. The summed E-state index contributed by atoms with van der Waals surface area (Å²) >= 11 is 0. The first-order valence-electron chi connectivity index (χ1n) is 6.85. The summed E-state index contributed by atoms with van der Waals surface area (Å²) in [5, 5.41) is 0. The first-order chi connectivity index (χ1) is 8.77. The summed E-state index contributed by atoms with van der Waals surface area (Å²) in [5.74, 6) is -0.203. The molecule has 0 aromatic rings. The van der Waals surface area contributed by atoms with Crippen LogP contribution in [0.25, 0.3) is 0 Å². The van der Waals surface area contributed by atoms with Crippen LogP contribution in [0.2, 0.25) is 0 Å². The summed E-state index contributed by atoms with van der Waals surface area (Å²) in [5.41, 5.74) is 0. The normalized spacial score (nSPS) is 11.9. The van der Waals surface area contributed by atoms with E-state index >= 15 is 0 Å². The van der Waals surface area contributed by atoms with Gasteiger partial charge in [0, 0.05) is 6.92 Å². The number of hydrogen-bond donors (Lipinski definition) is 0. The minimum absolute atomic E-state index is 0.203. The number of esters is 1. The van der Waals surface area contributed by atoms with Crippen LogP contribution < -0.4 is 0 Å². The average Bonchev–Trinajstić information content (AvgIpc) is 2.34. The first-order valence-corrected chi connectivity index (χ1v) is 6.85. The molecule has 0 heterocycles. The van der Waals surface area contributed by atoms with Crippen molar-refractivity contribution in [2.24, 2.45) is 0 Å². The fourth-order valence-electron chi connectivity index (χ4n) is 1.42. The van der Waals surface area contributed by atoms with Gasteiger partial charge in [-0.2, -0.15) is 0 Å². The Labute approximate surface area is 111 Å². The van der Waals surface area contributed by atoms with Gasteiger partial charge in [-0.05, 0) is 38.5 Å². The Balaban J connectivity index is 3.26. The van der Waals surface area contributed by atoms with Crippen LogP contribution in [0.1, 0.15) is 52.4 Å². The molecule has 0 aliphatic heterocycles. The van der Waals surface area contributed by atoms with E-state index in [0.29, 0.717) is 6.61 Å². The third-order valence-corrected chi connectivity index (χ3v) is 2.34. The van der Waals surface area contributed by atoms with E-state index in [-0.39, 0.29) is 5.97 Å². The highest BCUT2D eigenvalue weighted by atomic mass is 16.5. The number of ether oxygens (including phenoxy) is 1. The lowest BCUT2D eigenvalue weighted by Crippen LogP contribution is -1.98. The van der Waals surface area contributed by atoms with Crippen LogP contribution in [0, 0.1) is 0 Å². The van der Waals surface area contributed by atoms with Crippen LogP contribution in [0.4, 0.5) is 0 Å². The molecule has 0 spiro atoms. The lowest BCUT2D eigenvalue weighted by Gasteiger charge is -1.96. The van der Waals surface area contributed by atoms with Gasteiger partial charge in [-0.15, -0.1) is 0 Å². The van der Waals surface area contributed by atoms with E-state index in [1.54, 1.807) is 0 Å². The summed E-state index contributed by atoms with van der Waals surface area (Å²) in [7, 11) is 0. The molecule has 0 aliphatic rings. The molecule has 0 radical (unpaired) electrons. The molecule has 0 aromatic heterocycles. The van der Waals surface area contributed by atoms with E-state index in [9.17, 15) is 4.79 Å². The molecule has 0 bridgehead atoms. The Hall–Kier alpha value is -1.31. The van der Waals surface area contributed by atoms with E-state index in [2.05, 4.69) is 43.4 Å². The Morgan fingerprint density at radius 3 is 2.22 bits per heavy atom. The SMILES string of the molecule is CC/C=C/C/C=C/CCC/C=C\CCOC(C)=O. The van der Waals surface area contributed by atoms with E-state index in [1.807, 2.05) is 0 Å². The maximum Gasteiger partial charge on any atom is 0.302 e. The van der Waals surface area contributed by atoms with Crippen molar-refractivity contribution in [3.63, 3.8) is 0 Å².